The third-order valence-corrected chi connectivity index (χ3v) is 3.15. The van der Waals surface area contributed by atoms with Crippen molar-refractivity contribution in [2.24, 2.45) is 11.8 Å². The minimum Gasteiger partial charge on any atom is -0.388 e. The summed E-state index contributed by atoms with van der Waals surface area (Å²) < 4.78 is 0. The first-order valence-corrected chi connectivity index (χ1v) is 6.31. The van der Waals surface area contributed by atoms with Gasteiger partial charge in [0.15, 0.2) is 0 Å². The van der Waals surface area contributed by atoms with E-state index in [1.165, 1.54) is 5.56 Å². The first kappa shape index (κ1) is 13.2. The van der Waals surface area contributed by atoms with Crippen LogP contribution in [0.2, 0.25) is 0 Å². The molecule has 0 saturated heterocycles. The first-order chi connectivity index (χ1) is 7.54. The molecule has 0 aliphatic carbocycles. The molecule has 1 nitrogen and oxygen atoms in total. The smallest absolute Gasteiger partial charge is 0.0815 e. The largest absolute Gasteiger partial charge is 0.388 e. The van der Waals surface area contributed by atoms with Crippen LogP contribution in [0.5, 0.6) is 0 Å². The van der Waals surface area contributed by atoms with Crippen molar-refractivity contribution in [1.82, 2.24) is 0 Å². The van der Waals surface area contributed by atoms with Gasteiger partial charge in [0.05, 0.1) is 6.10 Å². The van der Waals surface area contributed by atoms with Crippen molar-refractivity contribution < 1.29 is 5.11 Å². The normalized spacial score (nSPS) is 15.1. The molecule has 0 amide bonds. The highest BCUT2D eigenvalue weighted by Gasteiger charge is 2.14. The van der Waals surface area contributed by atoms with Crippen molar-refractivity contribution in [3.05, 3.63) is 35.4 Å². The summed E-state index contributed by atoms with van der Waals surface area (Å²) in [6.07, 6.45) is 1.80. The molecule has 1 aromatic carbocycles. The van der Waals surface area contributed by atoms with Crippen molar-refractivity contribution in [3.63, 3.8) is 0 Å². The zero-order valence-corrected chi connectivity index (χ0v) is 10.9. The molecular weight excluding hydrogens is 196 g/mol. The molecule has 1 rings (SSSR count). The molecule has 1 heteroatoms. The van der Waals surface area contributed by atoms with Gasteiger partial charge in [-0.05, 0) is 29.4 Å². The van der Waals surface area contributed by atoms with Crippen LogP contribution in [0.25, 0.3) is 0 Å². The molecule has 2 unspecified atom stereocenters. The van der Waals surface area contributed by atoms with Crippen LogP contribution in [0, 0.1) is 11.8 Å². The maximum atomic E-state index is 10.1. The van der Waals surface area contributed by atoms with Gasteiger partial charge < -0.3 is 5.11 Å². The molecule has 16 heavy (non-hydrogen) atoms. The Morgan fingerprint density at radius 3 is 2.06 bits per heavy atom. The van der Waals surface area contributed by atoms with E-state index >= 15 is 0 Å². The Balaban J connectivity index is 2.70. The third kappa shape index (κ3) is 3.64. The van der Waals surface area contributed by atoms with Gasteiger partial charge in [-0.25, -0.2) is 0 Å². The van der Waals surface area contributed by atoms with E-state index in [0.717, 1.165) is 18.4 Å². The second-order valence-corrected chi connectivity index (χ2v) is 5.17. The summed E-state index contributed by atoms with van der Waals surface area (Å²) in [5.74, 6) is 1.02. The van der Waals surface area contributed by atoms with Gasteiger partial charge in [0, 0.05) is 0 Å². The molecule has 0 aliphatic rings. The molecule has 0 aliphatic heterocycles. The predicted octanol–water partition coefficient (Wildman–Crippen LogP) is 3.96. The Hall–Kier alpha value is -0.820. The van der Waals surface area contributed by atoms with E-state index in [2.05, 4.69) is 52.0 Å². The van der Waals surface area contributed by atoms with Crippen molar-refractivity contribution in [3.8, 4) is 0 Å². The SMILES string of the molecule is CCC(C)C(O)c1ccc(CC(C)C)cc1. The summed E-state index contributed by atoms with van der Waals surface area (Å²) in [5.41, 5.74) is 2.40. The van der Waals surface area contributed by atoms with Crippen molar-refractivity contribution >= 4 is 0 Å². The molecule has 0 spiro atoms. The van der Waals surface area contributed by atoms with Crippen LogP contribution in [0.1, 0.15) is 51.3 Å². The second-order valence-electron chi connectivity index (χ2n) is 5.17. The Morgan fingerprint density at radius 2 is 1.62 bits per heavy atom. The molecule has 1 N–H and O–H groups in total. The molecule has 1 aromatic rings. The number of hydrogen-bond acceptors (Lipinski definition) is 1. The van der Waals surface area contributed by atoms with Crippen molar-refractivity contribution in [1.29, 1.82) is 0 Å². The predicted molar refractivity (Wildman–Crippen MR) is 69.4 cm³/mol. The minimum absolute atomic E-state index is 0.321. The average molecular weight is 220 g/mol. The number of aliphatic hydroxyl groups is 1. The molecule has 2 atom stereocenters. The summed E-state index contributed by atoms with van der Waals surface area (Å²) in [5, 5.41) is 10.1. The van der Waals surface area contributed by atoms with Gasteiger partial charge in [-0.2, -0.15) is 0 Å². The van der Waals surface area contributed by atoms with E-state index in [1.807, 2.05) is 0 Å². The van der Waals surface area contributed by atoms with E-state index in [0.29, 0.717) is 11.8 Å². The third-order valence-electron chi connectivity index (χ3n) is 3.15. The highest BCUT2D eigenvalue weighted by molar-refractivity contribution is 5.24. The molecule has 0 bridgehead atoms. The lowest BCUT2D eigenvalue weighted by Gasteiger charge is -2.17. The average Bonchev–Trinajstić information content (AvgIpc) is 2.27. The van der Waals surface area contributed by atoms with Crippen LogP contribution in [-0.4, -0.2) is 5.11 Å². The van der Waals surface area contributed by atoms with E-state index in [4.69, 9.17) is 0 Å². The maximum absolute atomic E-state index is 10.1. The fourth-order valence-electron chi connectivity index (χ4n) is 1.87. The number of benzene rings is 1. The highest BCUT2D eigenvalue weighted by Crippen LogP contribution is 2.24. The van der Waals surface area contributed by atoms with E-state index in [9.17, 15) is 5.11 Å². The molecule has 0 fully saturated rings. The fraction of sp³-hybridized carbons (Fsp3) is 0.600. The first-order valence-electron chi connectivity index (χ1n) is 6.31. The molecule has 0 heterocycles. The Kier molecular flexibility index (Phi) is 5.01. The van der Waals surface area contributed by atoms with Gasteiger partial charge in [0.1, 0.15) is 0 Å². The Morgan fingerprint density at radius 1 is 1.06 bits per heavy atom. The van der Waals surface area contributed by atoms with Crippen LogP contribution in [0.15, 0.2) is 24.3 Å². The van der Waals surface area contributed by atoms with Gasteiger partial charge in [0.2, 0.25) is 0 Å². The topological polar surface area (TPSA) is 20.2 Å². The van der Waals surface area contributed by atoms with Crippen LogP contribution in [-0.2, 0) is 6.42 Å². The van der Waals surface area contributed by atoms with Crippen molar-refractivity contribution in [2.45, 2.75) is 46.6 Å². The summed E-state index contributed by atoms with van der Waals surface area (Å²) in [4.78, 5) is 0. The van der Waals surface area contributed by atoms with Gasteiger partial charge >= 0.3 is 0 Å². The van der Waals surface area contributed by atoms with E-state index in [-0.39, 0.29) is 6.10 Å². The number of aliphatic hydroxyl groups excluding tert-OH is 1. The second kappa shape index (κ2) is 6.05. The number of rotatable bonds is 5. The van der Waals surface area contributed by atoms with Gasteiger partial charge in [0.25, 0.3) is 0 Å². The van der Waals surface area contributed by atoms with Gasteiger partial charge in [-0.1, -0.05) is 58.4 Å². The Labute approximate surface area is 99.5 Å². The zero-order valence-electron chi connectivity index (χ0n) is 10.9. The molecular formula is C15H24O. The minimum atomic E-state index is -0.321. The maximum Gasteiger partial charge on any atom is 0.0815 e. The highest BCUT2D eigenvalue weighted by atomic mass is 16.3. The monoisotopic (exact) mass is 220 g/mol. The van der Waals surface area contributed by atoms with Crippen LogP contribution in [0.3, 0.4) is 0 Å². The molecule has 0 saturated carbocycles. The van der Waals surface area contributed by atoms with Gasteiger partial charge in [-0.3, -0.25) is 0 Å². The quantitative estimate of drug-likeness (QED) is 0.796. The fourth-order valence-corrected chi connectivity index (χ4v) is 1.87. The summed E-state index contributed by atoms with van der Waals surface area (Å²) >= 11 is 0. The summed E-state index contributed by atoms with van der Waals surface area (Å²) in [7, 11) is 0. The van der Waals surface area contributed by atoms with Crippen LogP contribution >= 0.6 is 0 Å². The van der Waals surface area contributed by atoms with Crippen LogP contribution < -0.4 is 0 Å². The molecule has 0 radical (unpaired) electrons. The number of hydrogen-bond donors (Lipinski definition) is 1. The van der Waals surface area contributed by atoms with Crippen molar-refractivity contribution in [2.75, 3.05) is 0 Å². The summed E-state index contributed by atoms with van der Waals surface area (Å²) in [6, 6.07) is 8.41. The lowest BCUT2D eigenvalue weighted by molar-refractivity contribution is 0.115. The molecule has 90 valence electrons. The standard InChI is InChI=1S/C15H24O/c1-5-12(4)15(16)14-8-6-13(7-9-14)10-11(2)3/h6-9,11-12,15-16H,5,10H2,1-4H3. The van der Waals surface area contributed by atoms with E-state index < -0.39 is 0 Å². The lowest BCUT2D eigenvalue weighted by Crippen LogP contribution is -2.08. The lowest BCUT2D eigenvalue weighted by atomic mass is 9.93. The summed E-state index contributed by atoms with van der Waals surface area (Å²) in [6.45, 7) is 8.65. The molecule has 0 aromatic heterocycles. The van der Waals surface area contributed by atoms with Crippen LogP contribution in [0.4, 0.5) is 0 Å². The Bertz CT molecular complexity index is 300. The van der Waals surface area contributed by atoms with E-state index in [1.54, 1.807) is 0 Å². The zero-order chi connectivity index (χ0) is 12.1. The van der Waals surface area contributed by atoms with Gasteiger partial charge in [-0.15, -0.1) is 0 Å².